The van der Waals surface area contributed by atoms with Crippen LogP contribution in [-0.2, 0) is 9.59 Å². The zero-order valence-electron chi connectivity index (χ0n) is 22.0. The van der Waals surface area contributed by atoms with E-state index in [1.54, 1.807) is 0 Å². The number of carbonyl (C=O) groups is 2. The van der Waals surface area contributed by atoms with Crippen LogP contribution in [0.25, 0.3) is 54.2 Å². The first kappa shape index (κ1) is 25.2. The Kier molecular flexibility index (Phi) is 6.23. The minimum atomic E-state index is -1.10. The average molecular weight is 531 g/mol. The monoisotopic (exact) mass is 530 g/mol. The van der Waals surface area contributed by atoms with Crippen LogP contribution in [0.4, 0.5) is 0 Å². The van der Waals surface area contributed by atoms with Crippen molar-refractivity contribution in [3.05, 3.63) is 96.1 Å². The number of fused-ring (bicyclic) bond motifs is 6. The predicted octanol–water partition coefficient (Wildman–Crippen LogP) is 7.51. The number of aliphatic carboxylic acids is 2. The van der Waals surface area contributed by atoms with E-state index in [0.717, 1.165) is 54.2 Å². The number of hydrogen-bond donors (Lipinski definition) is 2. The minimum absolute atomic E-state index is 0.409. The lowest BCUT2D eigenvalue weighted by atomic mass is 9.86. The second kappa shape index (κ2) is 9.89. The van der Waals surface area contributed by atoms with Gasteiger partial charge in [-0.25, -0.2) is 9.59 Å². The fourth-order valence-corrected chi connectivity index (χ4v) is 5.61. The van der Waals surface area contributed by atoms with Gasteiger partial charge in [0.1, 0.15) is 11.5 Å². The number of carboxylic acid groups (broad SMARTS) is 2. The molecule has 6 aromatic carbocycles. The lowest BCUT2D eigenvalue weighted by molar-refractivity contribution is -0.140. The number of ether oxygens (including phenoxy) is 2. The molecule has 2 N–H and O–H groups in total. The Morgan fingerprint density at radius 1 is 0.525 bits per heavy atom. The molecule has 0 aliphatic rings. The van der Waals surface area contributed by atoms with Crippen molar-refractivity contribution in [2.45, 2.75) is 13.8 Å². The van der Waals surface area contributed by atoms with E-state index >= 15 is 0 Å². The van der Waals surface area contributed by atoms with Gasteiger partial charge in [-0.15, -0.1) is 0 Å². The average Bonchev–Trinajstić information content (AvgIpc) is 2.94. The summed E-state index contributed by atoms with van der Waals surface area (Å²) in [7, 11) is 0. The van der Waals surface area contributed by atoms with Crippen molar-refractivity contribution in [2.75, 3.05) is 13.2 Å². The highest BCUT2D eigenvalue weighted by Gasteiger charge is 2.25. The van der Waals surface area contributed by atoms with Crippen LogP contribution in [0.15, 0.2) is 84.9 Å². The van der Waals surface area contributed by atoms with Crippen LogP contribution in [0.5, 0.6) is 11.5 Å². The van der Waals surface area contributed by atoms with Gasteiger partial charge < -0.3 is 19.7 Å². The molecule has 0 heterocycles. The molecule has 0 amide bonds. The summed E-state index contributed by atoms with van der Waals surface area (Å²) in [6.45, 7) is 2.98. The molecule has 6 aromatic rings. The minimum Gasteiger partial charge on any atom is -0.481 e. The molecule has 0 fully saturated rings. The summed E-state index contributed by atoms with van der Waals surface area (Å²) in [6, 6.07) is 27.8. The number of rotatable bonds is 7. The second-order valence-electron chi connectivity index (χ2n) is 9.96. The summed E-state index contributed by atoms with van der Waals surface area (Å²) in [5.41, 5.74) is 3.47. The van der Waals surface area contributed by atoms with E-state index in [2.05, 4.69) is 12.1 Å². The molecule has 0 spiro atoms. The van der Waals surface area contributed by atoms with Crippen molar-refractivity contribution < 1.29 is 29.3 Å². The Balaban J connectivity index is 1.88. The first-order valence-electron chi connectivity index (χ1n) is 12.9. The highest BCUT2D eigenvalue weighted by Crippen LogP contribution is 2.52. The molecule has 6 nitrogen and oxygen atoms in total. The summed E-state index contributed by atoms with van der Waals surface area (Å²) >= 11 is 0. The van der Waals surface area contributed by atoms with Crippen LogP contribution in [0.2, 0.25) is 0 Å². The van der Waals surface area contributed by atoms with Crippen molar-refractivity contribution in [3.8, 4) is 22.6 Å². The molecule has 0 saturated carbocycles. The highest BCUT2D eigenvalue weighted by atomic mass is 16.5. The Bertz CT molecular complexity index is 1840. The lowest BCUT2D eigenvalue weighted by Gasteiger charge is -2.23. The van der Waals surface area contributed by atoms with E-state index in [1.165, 1.54) is 0 Å². The summed E-state index contributed by atoms with van der Waals surface area (Å²) in [5.74, 6) is -1.38. The van der Waals surface area contributed by atoms with Gasteiger partial charge in [-0.1, -0.05) is 96.1 Å². The first-order valence-corrected chi connectivity index (χ1v) is 12.9. The molecule has 0 aliphatic heterocycles. The Hall–Kier alpha value is -5.10. The first-order chi connectivity index (χ1) is 19.3. The molecule has 0 atom stereocenters. The highest BCUT2D eigenvalue weighted by molar-refractivity contribution is 6.25. The fraction of sp³-hybridized carbons (Fsp3) is 0.118. The van der Waals surface area contributed by atoms with Crippen LogP contribution in [-0.4, -0.2) is 35.4 Å². The van der Waals surface area contributed by atoms with Crippen molar-refractivity contribution in [1.29, 1.82) is 0 Å². The van der Waals surface area contributed by atoms with Gasteiger partial charge in [0.15, 0.2) is 13.2 Å². The molecule has 0 aliphatic carbocycles. The van der Waals surface area contributed by atoms with E-state index in [9.17, 15) is 19.8 Å². The van der Waals surface area contributed by atoms with Crippen molar-refractivity contribution in [1.82, 2.24) is 0 Å². The van der Waals surface area contributed by atoms with E-state index in [-0.39, 0.29) is 0 Å². The SMILES string of the molecule is Cc1ccc2c(-c3c(OCC(=O)O)c4ccccc4c4cc(C)ccc34)c(OCC(=O)O)c3ccccc3c2c1. The Labute approximate surface area is 230 Å². The zero-order valence-corrected chi connectivity index (χ0v) is 22.0. The molecule has 6 rings (SSSR count). The number of aryl methyl sites for hydroxylation is 2. The quantitative estimate of drug-likeness (QED) is 0.208. The third-order valence-corrected chi connectivity index (χ3v) is 7.20. The predicted molar refractivity (Wildman–Crippen MR) is 158 cm³/mol. The van der Waals surface area contributed by atoms with Gasteiger partial charge in [-0.3, -0.25) is 0 Å². The molecule has 6 heteroatoms. The van der Waals surface area contributed by atoms with Gasteiger partial charge in [0.05, 0.1) is 0 Å². The van der Waals surface area contributed by atoms with Gasteiger partial charge in [0.25, 0.3) is 0 Å². The maximum absolute atomic E-state index is 11.7. The smallest absolute Gasteiger partial charge is 0.341 e. The topological polar surface area (TPSA) is 93.1 Å². The third kappa shape index (κ3) is 4.24. The maximum atomic E-state index is 11.7. The molecular weight excluding hydrogens is 504 g/mol. The zero-order chi connectivity index (χ0) is 28.0. The molecular formula is C34H26O6. The van der Waals surface area contributed by atoms with Gasteiger partial charge in [0.2, 0.25) is 0 Å². The van der Waals surface area contributed by atoms with Crippen LogP contribution in [0.3, 0.4) is 0 Å². The number of hydrogen-bond acceptors (Lipinski definition) is 4. The molecule has 40 heavy (non-hydrogen) atoms. The van der Waals surface area contributed by atoms with Crippen LogP contribution in [0.1, 0.15) is 11.1 Å². The summed E-state index contributed by atoms with van der Waals surface area (Å²) in [4.78, 5) is 23.4. The van der Waals surface area contributed by atoms with Crippen molar-refractivity contribution >= 4 is 55.0 Å². The molecule has 198 valence electrons. The molecule has 0 unspecified atom stereocenters. The summed E-state index contributed by atoms with van der Waals surface area (Å²) in [6.07, 6.45) is 0. The van der Waals surface area contributed by atoms with Crippen molar-refractivity contribution in [3.63, 3.8) is 0 Å². The van der Waals surface area contributed by atoms with Gasteiger partial charge in [-0.05, 0) is 46.2 Å². The summed E-state index contributed by atoms with van der Waals surface area (Å²) < 4.78 is 12.2. The normalized spacial score (nSPS) is 11.3. The Morgan fingerprint density at radius 2 is 0.900 bits per heavy atom. The van der Waals surface area contributed by atoms with Gasteiger partial charge >= 0.3 is 11.9 Å². The lowest BCUT2D eigenvalue weighted by Crippen LogP contribution is -2.12. The Morgan fingerprint density at radius 3 is 1.27 bits per heavy atom. The second-order valence-corrected chi connectivity index (χ2v) is 9.96. The van der Waals surface area contributed by atoms with E-state index < -0.39 is 25.2 Å². The summed E-state index contributed by atoms with van der Waals surface area (Å²) in [5, 5.41) is 26.2. The molecule has 0 aromatic heterocycles. The molecule has 0 saturated heterocycles. The third-order valence-electron chi connectivity index (χ3n) is 7.20. The van der Waals surface area contributed by atoms with Gasteiger partial charge in [0, 0.05) is 21.9 Å². The maximum Gasteiger partial charge on any atom is 0.341 e. The standard InChI is InChI=1S/C34H26O6/c1-19-11-13-23-27(15-19)21-7-3-5-9-25(21)33(39-17-29(35)36)31(23)32-24-14-12-20(2)16-28(24)22-8-4-6-10-26(22)34(32)40-18-30(37)38/h3-16H,17-18H2,1-2H3,(H,35,36)(H,37,38). The number of carboxylic acids is 2. The molecule has 0 bridgehead atoms. The van der Waals surface area contributed by atoms with Crippen LogP contribution < -0.4 is 9.47 Å². The van der Waals surface area contributed by atoms with Crippen LogP contribution >= 0.6 is 0 Å². The fourth-order valence-electron chi connectivity index (χ4n) is 5.61. The van der Waals surface area contributed by atoms with E-state index in [1.807, 2.05) is 86.6 Å². The largest absolute Gasteiger partial charge is 0.481 e. The van der Waals surface area contributed by atoms with E-state index in [4.69, 9.17) is 9.47 Å². The van der Waals surface area contributed by atoms with Crippen LogP contribution in [0, 0.1) is 13.8 Å². The molecule has 0 radical (unpaired) electrons. The van der Waals surface area contributed by atoms with Crippen molar-refractivity contribution in [2.24, 2.45) is 0 Å². The van der Waals surface area contributed by atoms with E-state index in [0.29, 0.717) is 22.6 Å². The van der Waals surface area contributed by atoms with Gasteiger partial charge in [-0.2, -0.15) is 0 Å². The number of benzene rings is 6.